The van der Waals surface area contributed by atoms with Crippen molar-refractivity contribution in [2.75, 3.05) is 53.4 Å². The summed E-state index contributed by atoms with van der Waals surface area (Å²) in [7, 11) is 4.13. The number of carbonyl (C=O) groups is 2. The zero-order chi connectivity index (χ0) is 18.2. The zero-order valence-electron chi connectivity index (χ0n) is 14.7. The highest BCUT2D eigenvalue weighted by Gasteiger charge is 2.22. The molecule has 0 aromatic heterocycles. The maximum absolute atomic E-state index is 12.8. The lowest BCUT2D eigenvalue weighted by molar-refractivity contribution is 0.0953. The minimum Gasteiger partial charge on any atom is -0.350 e. The molecular formula is C17H26FN5O2. The summed E-state index contributed by atoms with van der Waals surface area (Å²) < 4.78 is 12.8. The number of nitrogens with one attached hydrogen (secondary N) is 3. The predicted molar refractivity (Wildman–Crippen MR) is 94.0 cm³/mol. The molecular weight excluding hydrogens is 325 g/mol. The standard InChI is InChI=1S/C17H26FN5O2/c1-22-9-10-23(2)15(12-22)11-21-17(25)20-8-7-19-16(24)13-3-5-14(18)6-4-13/h3-6,15H,7-12H2,1-2H3,(H,19,24)(H2,20,21,25). The van der Waals surface area contributed by atoms with Gasteiger partial charge in [0.15, 0.2) is 0 Å². The van der Waals surface area contributed by atoms with Gasteiger partial charge in [0, 0.05) is 50.9 Å². The van der Waals surface area contributed by atoms with E-state index >= 15 is 0 Å². The van der Waals surface area contributed by atoms with E-state index in [4.69, 9.17) is 0 Å². The summed E-state index contributed by atoms with van der Waals surface area (Å²) in [5.74, 6) is -0.682. The number of nitrogens with zero attached hydrogens (tertiary/aromatic N) is 2. The maximum atomic E-state index is 12.8. The van der Waals surface area contributed by atoms with Gasteiger partial charge < -0.3 is 20.9 Å². The highest BCUT2D eigenvalue weighted by atomic mass is 19.1. The lowest BCUT2D eigenvalue weighted by Crippen LogP contribution is -2.55. The third-order valence-electron chi connectivity index (χ3n) is 4.28. The SMILES string of the molecule is CN1CCN(C)C(CNC(=O)NCCNC(=O)c2ccc(F)cc2)C1. The molecule has 25 heavy (non-hydrogen) atoms. The molecule has 7 nitrogen and oxygen atoms in total. The number of likely N-dealkylation sites (N-methyl/N-ethyl adjacent to an activating group) is 2. The van der Waals surface area contributed by atoms with E-state index in [0.29, 0.717) is 31.2 Å². The second kappa shape index (κ2) is 9.33. The third kappa shape index (κ3) is 6.32. The molecule has 1 unspecified atom stereocenters. The number of halogens is 1. The number of urea groups is 1. The first-order chi connectivity index (χ1) is 12.0. The number of rotatable bonds is 6. The normalized spacial score (nSPS) is 18.6. The van der Waals surface area contributed by atoms with Crippen molar-refractivity contribution in [2.45, 2.75) is 6.04 Å². The average Bonchev–Trinajstić information content (AvgIpc) is 2.60. The highest BCUT2D eigenvalue weighted by Crippen LogP contribution is 2.04. The van der Waals surface area contributed by atoms with E-state index in [1.807, 2.05) is 0 Å². The van der Waals surface area contributed by atoms with Gasteiger partial charge in [0.05, 0.1) is 0 Å². The fourth-order valence-electron chi connectivity index (χ4n) is 2.65. The molecule has 0 aliphatic carbocycles. The minimum atomic E-state index is -0.385. The molecule has 1 aromatic rings. The van der Waals surface area contributed by atoms with Crippen LogP contribution in [0.3, 0.4) is 0 Å². The smallest absolute Gasteiger partial charge is 0.314 e. The van der Waals surface area contributed by atoms with Gasteiger partial charge in [-0.15, -0.1) is 0 Å². The van der Waals surface area contributed by atoms with Crippen molar-refractivity contribution in [1.29, 1.82) is 0 Å². The highest BCUT2D eigenvalue weighted by molar-refractivity contribution is 5.94. The molecule has 8 heteroatoms. The van der Waals surface area contributed by atoms with E-state index in [-0.39, 0.29) is 17.8 Å². The van der Waals surface area contributed by atoms with Crippen LogP contribution in [0.4, 0.5) is 9.18 Å². The van der Waals surface area contributed by atoms with E-state index in [1.54, 1.807) is 0 Å². The predicted octanol–water partition coefficient (Wildman–Crippen LogP) is 0.101. The molecule has 1 atom stereocenters. The fourth-order valence-corrected chi connectivity index (χ4v) is 2.65. The van der Waals surface area contributed by atoms with Crippen LogP contribution < -0.4 is 16.0 Å². The molecule has 3 N–H and O–H groups in total. The Morgan fingerprint density at radius 3 is 2.48 bits per heavy atom. The van der Waals surface area contributed by atoms with Crippen LogP contribution in [0, 0.1) is 5.82 Å². The molecule has 0 saturated carbocycles. The molecule has 1 aromatic carbocycles. The van der Waals surface area contributed by atoms with E-state index in [1.165, 1.54) is 24.3 Å². The van der Waals surface area contributed by atoms with Gasteiger partial charge in [-0.1, -0.05) is 0 Å². The van der Waals surface area contributed by atoms with Crippen molar-refractivity contribution in [1.82, 2.24) is 25.8 Å². The minimum absolute atomic E-state index is 0.252. The molecule has 1 aliphatic heterocycles. The molecule has 0 radical (unpaired) electrons. The summed E-state index contributed by atoms with van der Waals surface area (Å²) in [5.41, 5.74) is 0.385. The van der Waals surface area contributed by atoms with Gasteiger partial charge in [0.25, 0.3) is 5.91 Å². The Labute approximate surface area is 147 Å². The summed E-state index contributed by atoms with van der Waals surface area (Å²) in [6, 6.07) is 5.35. The topological polar surface area (TPSA) is 76.7 Å². The van der Waals surface area contributed by atoms with Crippen LogP contribution in [0.2, 0.25) is 0 Å². The van der Waals surface area contributed by atoms with Crippen LogP contribution in [0.25, 0.3) is 0 Å². The summed E-state index contributed by atoms with van der Waals surface area (Å²) in [5, 5.41) is 8.24. The summed E-state index contributed by atoms with van der Waals surface area (Å²) in [6.45, 7) is 4.14. The number of hydrogen-bond acceptors (Lipinski definition) is 4. The molecule has 1 heterocycles. The molecule has 0 spiro atoms. The number of hydrogen-bond donors (Lipinski definition) is 3. The molecule has 138 valence electrons. The van der Waals surface area contributed by atoms with Crippen molar-refractivity contribution in [3.8, 4) is 0 Å². The first-order valence-corrected chi connectivity index (χ1v) is 8.40. The van der Waals surface area contributed by atoms with Crippen LogP contribution >= 0.6 is 0 Å². The Morgan fingerprint density at radius 2 is 1.76 bits per heavy atom. The van der Waals surface area contributed by atoms with Crippen molar-refractivity contribution in [3.05, 3.63) is 35.6 Å². The van der Waals surface area contributed by atoms with Gasteiger partial charge >= 0.3 is 6.03 Å². The Balaban J connectivity index is 1.60. The van der Waals surface area contributed by atoms with Crippen molar-refractivity contribution in [3.63, 3.8) is 0 Å². The van der Waals surface area contributed by atoms with Crippen LogP contribution in [-0.2, 0) is 0 Å². The van der Waals surface area contributed by atoms with Crippen molar-refractivity contribution in [2.24, 2.45) is 0 Å². The Morgan fingerprint density at radius 1 is 1.08 bits per heavy atom. The molecule has 1 fully saturated rings. The van der Waals surface area contributed by atoms with Crippen molar-refractivity contribution >= 4 is 11.9 Å². The van der Waals surface area contributed by atoms with Gasteiger partial charge in [0.1, 0.15) is 5.82 Å². The van der Waals surface area contributed by atoms with Crippen LogP contribution in [0.15, 0.2) is 24.3 Å². The summed E-state index contributed by atoms with van der Waals surface area (Å²) >= 11 is 0. The van der Waals surface area contributed by atoms with Gasteiger partial charge in [0.2, 0.25) is 0 Å². The molecule has 3 amide bonds. The largest absolute Gasteiger partial charge is 0.350 e. The van der Waals surface area contributed by atoms with E-state index in [9.17, 15) is 14.0 Å². The van der Waals surface area contributed by atoms with Crippen LogP contribution in [0.5, 0.6) is 0 Å². The Bertz CT molecular complexity index is 581. The number of benzene rings is 1. The average molecular weight is 351 g/mol. The molecule has 1 saturated heterocycles. The maximum Gasteiger partial charge on any atom is 0.314 e. The van der Waals surface area contributed by atoms with Crippen molar-refractivity contribution < 1.29 is 14.0 Å². The summed E-state index contributed by atoms with van der Waals surface area (Å²) in [4.78, 5) is 28.1. The Hall–Kier alpha value is -2.19. The monoisotopic (exact) mass is 351 g/mol. The third-order valence-corrected chi connectivity index (χ3v) is 4.28. The second-order valence-electron chi connectivity index (χ2n) is 6.30. The van der Waals surface area contributed by atoms with Crippen LogP contribution in [0.1, 0.15) is 10.4 Å². The first kappa shape index (κ1) is 19.1. The lowest BCUT2D eigenvalue weighted by atomic mass is 10.2. The van der Waals surface area contributed by atoms with Gasteiger partial charge in [-0.05, 0) is 38.4 Å². The number of amides is 3. The van der Waals surface area contributed by atoms with Gasteiger partial charge in [-0.2, -0.15) is 0 Å². The van der Waals surface area contributed by atoms with Crippen LogP contribution in [-0.4, -0.2) is 81.1 Å². The number of piperazine rings is 1. The molecule has 1 aliphatic rings. The first-order valence-electron chi connectivity index (χ1n) is 8.40. The van der Waals surface area contributed by atoms with E-state index in [0.717, 1.165) is 19.6 Å². The van der Waals surface area contributed by atoms with Gasteiger partial charge in [-0.3, -0.25) is 9.69 Å². The zero-order valence-corrected chi connectivity index (χ0v) is 14.7. The number of carbonyl (C=O) groups excluding carboxylic acids is 2. The summed E-state index contributed by atoms with van der Waals surface area (Å²) in [6.07, 6.45) is 0. The van der Waals surface area contributed by atoms with E-state index in [2.05, 4.69) is 39.8 Å². The second-order valence-corrected chi connectivity index (χ2v) is 6.30. The fraction of sp³-hybridized carbons (Fsp3) is 0.529. The quantitative estimate of drug-likeness (QED) is 0.636. The lowest BCUT2D eigenvalue weighted by Gasteiger charge is -2.37. The molecule has 2 rings (SSSR count). The van der Waals surface area contributed by atoms with E-state index < -0.39 is 0 Å². The molecule has 0 bridgehead atoms. The van der Waals surface area contributed by atoms with Gasteiger partial charge in [-0.25, -0.2) is 9.18 Å². The Kier molecular flexibility index (Phi) is 7.15.